The molecule has 1 unspecified atom stereocenters. The minimum atomic E-state index is 0. The molecule has 0 bridgehead atoms. The molecule has 0 aromatic heterocycles. The highest BCUT2D eigenvalue weighted by Crippen LogP contribution is 2.26. The fourth-order valence-corrected chi connectivity index (χ4v) is 3.10. The molecule has 0 aliphatic rings. The molecule has 0 aliphatic heterocycles. The van der Waals surface area contributed by atoms with Crippen LogP contribution >= 0.6 is 21.5 Å². The second kappa shape index (κ2) is 12.5. The maximum atomic E-state index is 6.17. The summed E-state index contributed by atoms with van der Waals surface area (Å²) >= 11 is 6.17. The fourth-order valence-electron chi connectivity index (χ4n) is 2.85. The first-order chi connectivity index (χ1) is 9.78. The van der Waals surface area contributed by atoms with Gasteiger partial charge in [0.25, 0.3) is 0 Å². The molecular weight excluding hydrogens is 295 g/mol. The van der Waals surface area contributed by atoms with E-state index in [1.54, 1.807) is 16.7 Å². The van der Waals surface area contributed by atoms with Gasteiger partial charge < -0.3 is 0 Å². The van der Waals surface area contributed by atoms with Crippen LogP contribution in [0.1, 0.15) is 81.5 Å². The Morgan fingerprint density at radius 2 is 1.14 bits per heavy atom. The molecule has 2 heteroatoms. The Balaban J connectivity index is 0.00000400. The van der Waals surface area contributed by atoms with Crippen LogP contribution in [0.5, 0.6) is 0 Å². The second-order valence-corrected chi connectivity index (χ2v) is 6.05. The second-order valence-electron chi connectivity index (χ2n) is 5.79. The zero-order valence-corrected chi connectivity index (χ0v) is 16.5. The molecule has 0 spiro atoms. The van der Waals surface area contributed by atoms with Gasteiger partial charge in [-0.05, 0) is 60.8 Å². The Kier molecular flexibility index (Phi) is 12.4. The summed E-state index contributed by atoms with van der Waals surface area (Å²) in [4.78, 5) is 0. The van der Waals surface area contributed by atoms with E-state index < -0.39 is 0 Å². The van der Waals surface area contributed by atoms with E-state index in [2.05, 4.69) is 32.9 Å². The van der Waals surface area contributed by atoms with Crippen molar-refractivity contribution >= 4 is 21.5 Å². The maximum absolute atomic E-state index is 6.17. The molecule has 0 heterocycles. The van der Waals surface area contributed by atoms with Crippen molar-refractivity contribution in [1.29, 1.82) is 0 Å². The van der Waals surface area contributed by atoms with Crippen LogP contribution in [0.3, 0.4) is 0 Å². The lowest BCUT2D eigenvalue weighted by Gasteiger charge is -2.18. The van der Waals surface area contributed by atoms with E-state index >= 15 is 0 Å². The van der Waals surface area contributed by atoms with Crippen molar-refractivity contribution in [2.75, 3.05) is 0 Å². The van der Waals surface area contributed by atoms with Gasteiger partial charge in [-0.2, -0.15) is 9.90 Å². The molecule has 1 aromatic carbocycles. The van der Waals surface area contributed by atoms with Crippen LogP contribution < -0.4 is 0 Å². The summed E-state index contributed by atoms with van der Waals surface area (Å²) in [6.07, 6.45) is 11.3. The number of rotatable bonds is 10. The largest absolute Gasteiger partial charge is 0.153 e. The highest BCUT2D eigenvalue weighted by molar-refractivity contribution is 6.92. The summed E-state index contributed by atoms with van der Waals surface area (Å²) in [6, 6.07) is 4.62. The molecule has 0 nitrogen and oxygen atoms in total. The SMILES string of the molecule is CCCCc1ccc(CCl)c(CCCC)c1CCCC.P. The minimum absolute atomic E-state index is 0. The number of alkyl halides is 1. The molecule has 1 aromatic rings. The lowest BCUT2D eigenvalue weighted by Crippen LogP contribution is -2.05. The number of unbranched alkanes of at least 4 members (excludes halogenated alkanes) is 3. The summed E-state index contributed by atoms with van der Waals surface area (Å²) in [5.41, 5.74) is 6.16. The molecule has 0 saturated carbocycles. The van der Waals surface area contributed by atoms with Crippen molar-refractivity contribution in [1.82, 2.24) is 0 Å². The molecule has 0 N–H and O–H groups in total. The number of hydrogen-bond donors (Lipinski definition) is 0. The molecule has 1 rings (SSSR count). The maximum Gasteiger partial charge on any atom is 0.0476 e. The summed E-state index contributed by atoms with van der Waals surface area (Å²) < 4.78 is 0. The van der Waals surface area contributed by atoms with E-state index in [-0.39, 0.29) is 9.90 Å². The van der Waals surface area contributed by atoms with Crippen molar-refractivity contribution in [2.45, 2.75) is 84.4 Å². The highest BCUT2D eigenvalue weighted by atomic mass is 35.5. The minimum Gasteiger partial charge on any atom is -0.153 e. The van der Waals surface area contributed by atoms with Crippen molar-refractivity contribution < 1.29 is 0 Å². The highest BCUT2D eigenvalue weighted by Gasteiger charge is 2.12. The Bertz CT molecular complexity index is 387. The average Bonchev–Trinajstić information content (AvgIpc) is 2.48. The first-order valence-electron chi connectivity index (χ1n) is 8.46. The van der Waals surface area contributed by atoms with Gasteiger partial charge in [-0.1, -0.05) is 52.2 Å². The van der Waals surface area contributed by atoms with Gasteiger partial charge in [0, 0.05) is 5.88 Å². The third kappa shape index (κ3) is 6.70. The third-order valence-corrected chi connectivity index (χ3v) is 4.42. The smallest absolute Gasteiger partial charge is 0.0476 e. The lowest BCUT2D eigenvalue weighted by molar-refractivity contribution is 0.731. The first-order valence-corrected chi connectivity index (χ1v) is 9.00. The van der Waals surface area contributed by atoms with Gasteiger partial charge in [-0.25, -0.2) is 0 Å². The van der Waals surface area contributed by atoms with Crippen molar-refractivity contribution in [3.05, 3.63) is 34.4 Å². The Labute approximate surface area is 140 Å². The van der Waals surface area contributed by atoms with Crippen LogP contribution in [0.4, 0.5) is 0 Å². The third-order valence-electron chi connectivity index (χ3n) is 4.13. The zero-order valence-electron chi connectivity index (χ0n) is 14.3. The lowest BCUT2D eigenvalue weighted by atomic mass is 9.88. The average molecular weight is 329 g/mol. The summed E-state index contributed by atoms with van der Waals surface area (Å²) in [5, 5.41) is 0. The molecule has 0 fully saturated rings. The van der Waals surface area contributed by atoms with E-state index in [0.29, 0.717) is 5.88 Å². The van der Waals surface area contributed by atoms with Crippen molar-refractivity contribution in [3.63, 3.8) is 0 Å². The molecular formula is C19H34ClP. The molecule has 21 heavy (non-hydrogen) atoms. The first kappa shape index (κ1) is 20.9. The number of benzene rings is 1. The Morgan fingerprint density at radius 3 is 1.62 bits per heavy atom. The molecule has 0 saturated heterocycles. The van der Waals surface area contributed by atoms with Crippen molar-refractivity contribution in [3.8, 4) is 0 Å². The normalized spacial score (nSPS) is 10.5. The van der Waals surface area contributed by atoms with Crippen LogP contribution in [0.25, 0.3) is 0 Å². The van der Waals surface area contributed by atoms with E-state index in [1.807, 2.05) is 0 Å². The van der Waals surface area contributed by atoms with Crippen LogP contribution in [0.2, 0.25) is 0 Å². The standard InChI is InChI=1S/C19H31Cl.H3P/c1-4-7-10-16-13-14-17(15-20)19(12-9-6-3)18(16)11-8-5-2;/h13-14H,4-12,15H2,1-3H3;1H3. The fraction of sp³-hybridized carbons (Fsp3) is 0.684. The van der Waals surface area contributed by atoms with E-state index in [4.69, 9.17) is 11.6 Å². The Hall–Kier alpha value is -0.0600. The number of halogens is 1. The molecule has 122 valence electrons. The van der Waals surface area contributed by atoms with Gasteiger partial charge in [-0.3, -0.25) is 0 Å². The van der Waals surface area contributed by atoms with Crippen LogP contribution in [-0.2, 0) is 25.1 Å². The van der Waals surface area contributed by atoms with Crippen LogP contribution in [0.15, 0.2) is 12.1 Å². The van der Waals surface area contributed by atoms with Gasteiger partial charge in [-0.15, -0.1) is 11.6 Å². The summed E-state index contributed by atoms with van der Waals surface area (Å²) in [5.74, 6) is 0.659. The van der Waals surface area contributed by atoms with E-state index in [0.717, 1.165) is 0 Å². The van der Waals surface area contributed by atoms with Gasteiger partial charge in [0.15, 0.2) is 0 Å². The van der Waals surface area contributed by atoms with Gasteiger partial charge >= 0.3 is 0 Å². The predicted octanol–water partition coefficient (Wildman–Crippen LogP) is 6.51. The van der Waals surface area contributed by atoms with Crippen LogP contribution in [-0.4, -0.2) is 0 Å². The number of hydrogen-bond acceptors (Lipinski definition) is 0. The topological polar surface area (TPSA) is 0 Å². The molecule has 0 aliphatic carbocycles. The van der Waals surface area contributed by atoms with E-state index in [9.17, 15) is 0 Å². The van der Waals surface area contributed by atoms with Gasteiger partial charge in [0.1, 0.15) is 0 Å². The quantitative estimate of drug-likeness (QED) is 0.339. The van der Waals surface area contributed by atoms with Gasteiger partial charge in [0.2, 0.25) is 0 Å². The van der Waals surface area contributed by atoms with Gasteiger partial charge in [0.05, 0.1) is 0 Å². The van der Waals surface area contributed by atoms with Crippen molar-refractivity contribution in [2.24, 2.45) is 0 Å². The number of aryl methyl sites for hydroxylation is 1. The monoisotopic (exact) mass is 328 g/mol. The summed E-state index contributed by atoms with van der Waals surface area (Å²) in [6.45, 7) is 6.83. The van der Waals surface area contributed by atoms with Crippen LogP contribution in [0, 0.1) is 0 Å². The zero-order chi connectivity index (χ0) is 14.8. The summed E-state index contributed by atoms with van der Waals surface area (Å²) in [7, 11) is 0. The molecule has 0 radical (unpaired) electrons. The predicted molar refractivity (Wildman–Crippen MR) is 103 cm³/mol. The van der Waals surface area contributed by atoms with E-state index in [1.165, 1.54) is 63.4 Å². The Morgan fingerprint density at radius 1 is 0.714 bits per heavy atom. The molecule has 0 amide bonds. The molecule has 1 atom stereocenters.